The van der Waals surface area contributed by atoms with Gasteiger partial charge in [0.2, 0.25) is 0 Å². The van der Waals surface area contributed by atoms with E-state index < -0.39 is 0 Å². The maximum Gasteiger partial charge on any atom is 0.146 e. The van der Waals surface area contributed by atoms with E-state index in [0.29, 0.717) is 24.0 Å². The van der Waals surface area contributed by atoms with E-state index in [1.54, 1.807) is 31.9 Å². The second-order valence-electron chi connectivity index (χ2n) is 6.38. The SMILES string of the molecule is COCc1cncc(Cl)c1COc1cccc2c(-c3ncc[nH]3)cc(C)nc12. The average molecular weight is 395 g/mol. The summed E-state index contributed by atoms with van der Waals surface area (Å²) in [5.74, 6) is 1.48. The van der Waals surface area contributed by atoms with Crippen LogP contribution in [0.15, 0.2) is 49.1 Å². The van der Waals surface area contributed by atoms with Gasteiger partial charge in [0.1, 0.15) is 23.7 Å². The van der Waals surface area contributed by atoms with Crippen LogP contribution in [-0.4, -0.2) is 27.0 Å². The maximum absolute atomic E-state index is 6.34. The molecule has 1 N–H and O–H groups in total. The first-order valence-corrected chi connectivity index (χ1v) is 9.18. The Hall–Kier alpha value is -2.96. The van der Waals surface area contributed by atoms with E-state index in [1.807, 2.05) is 31.2 Å². The van der Waals surface area contributed by atoms with Crippen LogP contribution in [0.4, 0.5) is 0 Å². The Morgan fingerprint density at radius 3 is 2.86 bits per heavy atom. The first kappa shape index (κ1) is 18.4. The molecule has 28 heavy (non-hydrogen) atoms. The molecule has 6 nitrogen and oxygen atoms in total. The molecular formula is C21H19ClN4O2. The van der Waals surface area contributed by atoms with Crippen molar-refractivity contribution in [3.8, 4) is 17.1 Å². The van der Waals surface area contributed by atoms with Gasteiger partial charge in [-0.2, -0.15) is 0 Å². The minimum absolute atomic E-state index is 0.296. The number of ether oxygens (including phenoxy) is 2. The summed E-state index contributed by atoms with van der Waals surface area (Å²) >= 11 is 6.34. The number of rotatable bonds is 6. The number of methoxy groups -OCH3 is 1. The molecule has 142 valence electrons. The zero-order chi connectivity index (χ0) is 19.5. The van der Waals surface area contributed by atoms with Gasteiger partial charge in [0, 0.05) is 59.7 Å². The number of halogens is 1. The van der Waals surface area contributed by atoms with Gasteiger partial charge in [-0.3, -0.25) is 4.98 Å². The van der Waals surface area contributed by atoms with E-state index >= 15 is 0 Å². The molecular weight excluding hydrogens is 376 g/mol. The summed E-state index contributed by atoms with van der Waals surface area (Å²) < 4.78 is 11.4. The van der Waals surface area contributed by atoms with Gasteiger partial charge in [-0.05, 0) is 19.1 Å². The Morgan fingerprint density at radius 2 is 2.07 bits per heavy atom. The Bertz CT molecular complexity index is 1110. The van der Waals surface area contributed by atoms with E-state index in [2.05, 4.69) is 15.0 Å². The van der Waals surface area contributed by atoms with Crippen molar-refractivity contribution in [1.29, 1.82) is 0 Å². The van der Waals surface area contributed by atoms with Crippen LogP contribution in [0, 0.1) is 6.92 Å². The number of hydrogen-bond acceptors (Lipinski definition) is 5. The minimum Gasteiger partial charge on any atom is -0.487 e. The molecule has 0 bridgehead atoms. The summed E-state index contributed by atoms with van der Waals surface area (Å²) in [6.07, 6.45) is 6.90. The normalized spacial score (nSPS) is 11.1. The molecule has 0 saturated carbocycles. The zero-order valence-electron chi connectivity index (χ0n) is 15.6. The lowest BCUT2D eigenvalue weighted by Gasteiger charge is -2.14. The predicted octanol–water partition coefficient (Wildman–Crippen LogP) is 4.71. The van der Waals surface area contributed by atoms with Crippen LogP contribution >= 0.6 is 11.6 Å². The minimum atomic E-state index is 0.296. The number of para-hydroxylation sites is 1. The smallest absolute Gasteiger partial charge is 0.146 e. The molecule has 0 aliphatic heterocycles. The summed E-state index contributed by atoms with van der Waals surface area (Å²) in [4.78, 5) is 16.4. The number of aryl methyl sites for hydroxylation is 1. The molecule has 0 spiro atoms. The van der Waals surface area contributed by atoms with Crippen molar-refractivity contribution in [2.75, 3.05) is 7.11 Å². The number of fused-ring (bicyclic) bond motifs is 1. The number of H-pyrrole nitrogens is 1. The van der Waals surface area contributed by atoms with E-state index in [0.717, 1.165) is 39.1 Å². The van der Waals surface area contributed by atoms with Crippen LogP contribution in [0.5, 0.6) is 5.75 Å². The summed E-state index contributed by atoms with van der Waals surface area (Å²) in [5.41, 5.74) is 4.41. The van der Waals surface area contributed by atoms with E-state index in [1.165, 1.54) is 0 Å². The van der Waals surface area contributed by atoms with E-state index in [9.17, 15) is 0 Å². The molecule has 1 aromatic carbocycles. The third-order valence-electron chi connectivity index (χ3n) is 4.45. The number of pyridine rings is 2. The molecule has 0 radical (unpaired) electrons. The number of nitrogens with one attached hydrogen (secondary N) is 1. The lowest BCUT2D eigenvalue weighted by atomic mass is 10.1. The molecule has 4 aromatic rings. The lowest BCUT2D eigenvalue weighted by Crippen LogP contribution is -2.04. The molecule has 0 aliphatic rings. The highest BCUT2D eigenvalue weighted by Gasteiger charge is 2.14. The first-order valence-electron chi connectivity index (χ1n) is 8.80. The Labute approximate surface area is 167 Å². The molecule has 0 aliphatic carbocycles. The van der Waals surface area contributed by atoms with Crippen LogP contribution in [0.3, 0.4) is 0 Å². The van der Waals surface area contributed by atoms with Gasteiger partial charge in [0.25, 0.3) is 0 Å². The zero-order valence-corrected chi connectivity index (χ0v) is 16.3. The van der Waals surface area contributed by atoms with Gasteiger partial charge in [0.15, 0.2) is 0 Å². The Morgan fingerprint density at radius 1 is 1.18 bits per heavy atom. The van der Waals surface area contributed by atoms with Crippen LogP contribution in [0.1, 0.15) is 16.8 Å². The number of aromatic amines is 1. The Balaban J connectivity index is 1.73. The largest absolute Gasteiger partial charge is 0.487 e. The summed E-state index contributed by atoms with van der Waals surface area (Å²) in [6, 6.07) is 7.89. The van der Waals surface area contributed by atoms with Gasteiger partial charge in [-0.15, -0.1) is 0 Å². The van der Waals surface area contributed by atoms with Crippen LogP contribution < -0.4 is 4.74 Å². The van der Waals surface area contributed by atoms with Gasteiger partial charge < -0.3 is 14.5 Å². The fourth-order valence-electron chi connectivity index (χ4n) is 3.17. The highest BCUT2D eigenvalue weighted by molar-refractivity contribution is 6.31. The topological polar surface area (TPSA) is 72.9 Å². The molecule has 4 rings (SSSR count). The molecule has 7 heteroatoms. The fraction of sp³-hybridized carbons (Fsp3) is 0.190. The van der Waals surface area contributed by atoms with Crippen molar-refractivity contribution in [2.45, 2.75) is 20.1 Å². The summed E-state index contributed by atoms with van der Waals surface area (Å²) in [6.45, 7) is 2.67. The van der Waals surface area contributed by atoms with Gasteiger partial charge in [-0.1, -0.05) is 23.7 Å². The van der Waals surface area contributed by atoms with Crippen LogP contribution in [0.2, 0.25) is 5.02 Å². The second kappa shape index (κ2) is 7.96. The lowest BCUT2D eigenvalue weighted by molar-refractivity contribution is 0.182. The Kier molecular flexibility index (Phi) is 5.23. The van der Waals surface area contributed by atoms with Crippen LogP contribution in [-0.2, 0) is 18.0 Å². The highest BCUT2D eigenvalue weighted by Crippen LogP contribution is 2.32. The first-order chi connectivity index (χ1) is 13.7. The van der Waals surface area contributed by atoms with Crippen molar-refractivity contribution in [1.82, 2.24) is 19.9 Å². The van der Waals surface area contributed by atoms with Crippen molar-refractivity contribution < 1.29 is 9.47 Å². The van der Waals surface area contributed by atoms with E-state index in [4.69, 9.17) is 26.1 Å². The van der Waals surface area contributed by atoms with Crippen molar-refractivity contribution in [2.24, 2.45) is 0 Å². The molecule has 0 amide bonds. The average Bonchev–Trinajstić information content (AvgIpc) is 3.22. The number of nitrogens with zero attached hydrogens (tertiary/aromatic N) is 3. The molecule has 0 unspecified atom stereocenters. The molecule has 3 heterocycles. The number of benzene rings is 1. The second-order valence-corrected chi connectivity index (χ2v) is 6.79. The highest BCUT2D eigenvalue weighted by atomic mass is 35.5. The van der Waals surface area contributed by atoms with Gasteiger partial charge in [-0.25, -0.2) is 9.97 Å². The molecule has 0 fully saturated rings. The van der Waals surface area contributed by atoms with Crippen molar-refractivity contribution in [3.63, 3.8) is 0 Å². The van der Waals surface area contributed by atoms with Gasteiger partial charge >= 0.3 is 0 Å². The summed E-state index contributed by atoms with van der Waals surface area (Å²) in [7, 11) is 1.64. The fourth-order valence-corrected chi connectivity index (χ4v) is 3.40. The monoisotopic (exact) mass is 394 g/mol. The maximum atomic E-state index is 6.34. The number of hydrogen-bond donors (Lipinski definition) is 1. The molecule has 0 atom stereocenters. The van der Waals surface area contributed by atoms with Crippen molar-refractivity contribution >= 4 is 22.5 Å². The molecule has 3 aromatic heterocycles. The predicted molar refractivity (Wildman–Crippen MR) is 108 cm³/mol. The number of aromatic nitrogens is 4. The van der Waals surface area contributed by atoms with Crippen molar-refractivity contribution in [3.05, 3.63) is 70.9 Å². The quantitative estimate of drug-likeness (QED) is 0.512. The van der Waals surface area contributed by atoms with Gasteiger partial charge in [0.05, 0.1) is 11.6 Å². The van der Waals surface area contributed by atoms with Crippen LogP contribution in [0.25, 0.3) is 22.3 Å². The van der Waals surface area contributed by atoms with E-state index in [-0.39, 0.29) is 0 Å². The third-order valence-corrected chi connectivity index (χ3v) is 4.78. The third kappa shape index (κ3) is 3.56. The standard InChI is InChI=1S/C21H19ClN4O2/c1-13-8-16(21-24-6-7-25-21)15-4-3-5-19(20(15)26-13)28-12-17-14(11-27-2)9-23-10-18(17)22/h3-10H,11-12H2,1-2H3,(H,24,25). The summed E-state index contributed by atoms with van der Waals surface area (Å²) in [5, 5.41) is 1.52. The molecule has 0 saturated heterocycles. The number of imidazole rings is 1.